The maximum atomic E-state index is 11.7. The lowest BCUT2D eigenvalue weighted by atomic mass is 10.1. The van der Waals surface area contributed by atoms with Crippen molar-refractivity contribution in [3.8, 4) is 0 Å². The number of rotatable bonds is 5. The molecule has 1 fully saturated rings. The van der Waals surface area contributed by atoms with Gasteiger partial charge in [0.2, 0.25) is 5.91 Å². The highest BCUT2D eigenvalue weighted by Crippen LogP contribution is 2.22. The molecule has 0 saturated carbocycles. The first-order valence-corrected chi connectivity index (χ1v) is 9.17. The van der Waals surface area contributed by atoms with Crippen LogP contribution in [0.15, 0.2) is 12.1 Å². The average Bonchev–Trinajstić information content (AvgIpc) is 2.85. The molecule has 106 valence electrons. The molecule has 1 saturated heterocycles. The summed E-state index contributed by atoms with van der Waals surface area (Å²) in [5, 5.41) is 2.82. The molecule has 0 radical (unpaired) electrons. The predicted molar refractivity (Wildman–Crippen MR) is 77.4 cm³/mol. The van der Waals surface area contributed by atoms with E-state index in [1.54, 1.807) is 0 Å². The van der Waals surface area contributed by atoms with Crippen molar-refractivity contribution in [3.05, 3.63) is 21.3 Å². The monoisotopic (exact) mass is 321 g/mol. The zero-order valence-corrected chi connectivity index (χ0v) is 12.8. The van der Waals surface area contributed by atoms with Gasteiger partial charge in [-0.25, -0.2) is 8.42 Å². The number of thiophene rings is 1. The van der Waals surface area contributed by atoms with E-state index in [0.717, 1.165) is 15.6 Å². The van der Waals surface area contributed by atoms with E-state index in [9.17, 15) is 13.2 Å². The van der Waals surface area contributed by atoms with Crippen LogP contribution in [-0.2, 0) is 21.1 Å². The summed E-state index contributed by atoms with van der Waals surface area (Å²) >= 11 is 7.32. The highest BCUT2D eigenvalue weighted by atomic mass is 35.5. The van der Waals surface area contributed by atoms with E-state index >= 15 is 0 Å². The van der Waals surface area contributed by atoms with Gasteiger partial charge < -0.3 is 5.32 Å². The minimum absolute atomic E-state index is 0.0128. The number of amides is 1. The third kappa shape index (κ3) is 4.78. The van der Waals surface area contributed by atoms with Crippen molar-refractivity contribution in [2.75, 3.05) is 18.1 Å². The molecule has 1 aliphatic heterocycles. The smallest absolute Gasteiger partial charge is 0.220 e. The standard InChI is InChI=1S/C12H16ClNO3S2/c13-11-2-1-10(18-11)3-5-14-12(15)7-9-4-6-19(16,17)8-9/h1-2,9H,3-8H2,(H,14,15). The van der Waals surface area contributed by atoms with Crippen molar-refractivity contribution in [1.82, 2.24) is 5.32 Å². The van der Waals surface area contributed by atoms with Crippen LogP contribution in [0.5, 0.6) is 0 Å². The first kappa shape index (κ1) is 14.8. The van der Waals surface area contributed by atoms with E-state index in [4.69, 9.17) is 11.6 Å². The van der Waals surface area contributed by atoms with Gasteiger partial charge in [-0.2, -0.15) is 0 Å². The molecule has 1 unspecified atom stereocenters. The second-order valence-electron chi connectivity index (χ2n) is 4.78. The molecule has 4 nitrogen and oxygen atoms in total. The lowest BCUT2D eigenvalue weighted by molar-refractivity contribution is -0.121. The van der Waals surface area contributed by atoms with Crippen LogP contribution >= 0.6 is 22.9 Å². The minimum Gasteiger partial charge on any atom is -0.356 e. The summed E-state index contributed by atoms with van der Waals surface area (Å²) in [6.45, 7) is 0.565. The summed E-state index contributed by atoms with van der Waals surface area (Å²) in [7, 11) is -2.89. The Kier molecular flexibility index (Phi) is 4.86. The summed E-state index contributed by atoms with van der Waals surface area (Å²) in [6.07, 6.45) is 1.67. The highest BCUT2D eigenvalue weighted by molar-refractivity contribution is 7.91. The van der Waals surface area contributed by atoms with Gasteiger partial charge >= 0.3 is 0 Å². The summed E-state index contributed by atoms with van der Waals surface area (Å²) in [4.78, 5) is 12.8. The van der Waals surface area contributed by atoms with Crippen LogP contribution in [0.25, 0.3) is 0 Å². The first-order valence-electron chi connectivity index (χ1n) is 6.16. The Bertz CT molecular complexity index is 553. The van der Waals surface area contributed by atoms with Gasteiger partial charge in [-0.05, 0) is 30.9 Å². The number of hydrogen-bond donors (Lipinski definition) is 1. The molecular weight excluding hydrogens is 306 g/mol. The molecule has 1 aliphatic rings. The Balaban J connectivity index is 1.68. The zero-order valence-electron chi connectivity index (χ0n) is 10.4. The van der Waals surface area contributed by atoms with Crippen molar-refractivity contribution in [1.29, 1.82) is 0 Å². The molecule has 0 bridgehead atoms. The van der Waals surface area contributed by atoms with E-state index < -0.39 is 9.84 Å². The van der Waals surface area contributed by atoms with Gasteiger partial charge in [0.15, 0.2) is 9.84 Å². The molecule has 2 rings (SSSR count). The molecule has 0 aliphatic carbocycles. The van der Waals surface area contributed by atoms with Gasteiger partial charge in [0.05, 0.1) is 15.8 Å². The molecule has 1 N–H and O–H groups in total. The van der Waals surface area contributed by atoms with E-state index in [-0.39, 0.29) is 23.3 Å². The summed E-state index contributed by atoms with van der Waals surface area (Å²) in [5.74, 6) is 0.297. The quantitative estimate of drug-likeness (QED) is 0.900. The van der Waals surface area contributed by atoms with E-state index in [1.165, 1.54) is 11.3 Å². The minimum atomic E-state index is -2.89. The van der Waals surface area contributed by atoms with Crippen LogP contribution in [0, 0.1) is 5.92 Å². The Morgan fingerprint density at radius 3 is 2.84 bits per heavy atom. The van der Waals surface area contributed by atoms with Crippen molar-refractivity contribution >= 4 is 38.7 Å². The molecule has 1 atom stereocenters. The molecular formula is C12H16ClNO3S2. The third-order valence-corrected chi connectivity index (χ3v) is 6.25. The number of sulfone groups is 1. The summed E-state index contributed by atoms with van der Waals surface area (Å²) in [6, 6.07) is 3.79. The number of halogens is 1. The van der Waals surface area contributed by atoms with E-state index in [0.29, 0.717) is 19.4 Å². The fourth-order valence-corrected chi connectivity index (χ4v) is 5.13. The predicted octanol–water partition coefficient (Wildman–Crippen LogP) is 1.89. The average molecular weight is 322 g/mol. The molecule has 1 aromatic heterocycles. The normalized spacial score (nSPS) is 21.4. The maximum Gasteiger partial charge on any atom is 0.220 e. The second kappa shape index (κ2) is 6.24. The molecule has 1 amide bonds. The van der Waals surface area contributed by atoms with Crippen molar-refractivity contribution in [2.45, 2.75) is 19.3 Å². The second-order valence-corrected chi connectivity index (χ2v) is 8.81. The lowest BCUT2D eigenvalue weighted by Gasteiger charge is -2.08. The van der Waals surface area contributed by atoms with Gasteiger partial charge in [0, 0.05) is 17.8 Å². The maximum absolute atomic E-state index is 11.7. The Morgan fingerprint density at radius 1 is 1.47 bits per heavy atom. The van der Waals surface area contributed by atoms with E-state index in [1.807, 2.05) is 12.1 Å². The third-order valence-electron chi connectivity index (χ3n) is 3.12. The zero-order chi connectivity index (χ0) is 13.9. The summed E-state index contributed by atoms with van der Waals surface area (Å²) in [5.41, 5.74) is 0. The van der Waals surface area contributed by atoms with Crippen LogP contribution < -0.4 is 5.32 Å². The van der Waals surface area contributed by atoms with Gasteiger partial charge in [-0.3, -0.25) is 4.79 Å². The molecule has 0 aromatic carbocycles. The van der Waals surface area contributed by atoms with Gasteiger partial charge in [0.25, 0.3) is 0 Å². The van der Waals surface area contributed by atoms with Crippen LogP contribution in [0.3, 0.4) is 0 Å². The largest absolute Gasteiger partial charge is 0.356 e. The molecule has 0 spiro atoms. The van der Waals surface area contributed by atoms with Crippen LogP contribution in [0.1, 0.15) is 17.7 Å². The van der Waals surface area contributed by atoms with Crippen LogP contribution in [-0.4, -0.2) is 32.4 Å². The molecule has 7 heteroatoms. The molecule has 19 heavy (non-hydrogen) atoms. The SMILES string of the molecule is O=C(CC1CCS(=O)(=O)C1)NCCc1ccc(Cl)s1. The number of carbonyl (C=O) groups is 1. The number of carbonyl (C=O) groups excluding carboxylic acids is 1. The Hall–Kier alpha value is -0.590. The van der Waals surface area contributed by atoms with Crippen LogP contribution in [0.4, 0.5) is 0 Å². The van der Waals surface area contributed by atoms with Crippen molar-refractivity contribution in [2.24, 2.45) is 5.92 Å². The van der Waals surface area contributed by atoms with Gasteiger partial charge in [0.1, 0.15) is 0 Å². The Morgan fingerprint density at radius 2 is 2.26 bits per heavy atom. The topological polar surface area (TPSA) is 63.2 Å². The number of nitrogens with one attached hydrogen (secondary N) is 1. The molecule has 2 heterocycles. The van der Waals surface area contributed by atoms with Crippen molar-refractivity contribution in [3.63, 3.8) is 0 Å². The van der Waals surface area contributed by atoms with E-state index in [2.05, 4.69) is 5.32 Å². The Labute approximate surface area is 122 Å². The van der Waals surface area contributed by atoms with Gasteiger partial charge in [-0.1, -0.05) is 11.6 Å². The van der Waals surface area contributed by atoms with Crippen molar-refractivity contribution < 1.29 is 13.2 Å². The highest BCUT2D eigenvalue weighted by Gasteiger charge is 2.29. The fraction of sp³-hybridized carbons (Fsp3) is 0.583. The van der Waals surface area contributed by atoms with Crippen LogP contribution in [0.2, 0.25) is 4.34 Å². The lowest BCUT2D eigenvalue weighted by Crippen LogP contribution is -2.27. The van der Waals surface area contributed by atoms with Gasteiger partial charge in [-0.15, -0.1) is 11.3 Å². The molecule has 1 aromatic rings. The first-order chi connectivity index (χ1) is 8.94. The fourth-order valence-electron chi connectivity index (χ4n) is 2.18. The summed E-state index contributed by atoms with van der Waals surface area (Å²) < 4.78 is 23.3. The number of hydrogen-bond acceptors (Lipinski definition) is 4.